The molecule has 1 aromatic rings. The molecule has 2 fully saturated rings. The highest BCUT2D eigenvalue weighted by molar-refractivity contribution is 5.85. The number of carbonyl (C=O) groups is 1. The highest BCUT2D eigenvalue weighted by Gasteiger charge is 2.39. The van der Waals surface area contributed by atoms with Crippen molar-refractivity contribution in [3.63, 3.8) is 0 Å². The minimum Gasteiger partial charge on any atom is -0.508 e. The van der Waals surface area contributed by atoms with Gasteiger partial charge in [-0.2, -0.15) is 0 Å². The van der Waals surface area contributed by atoms with Crippen molar-refractivity contribution in [1.29, 1.82) is 0 Å². The van der Waals surface area contributed by atoms with Crippen molar-refractivity contribution in [2.45, 2.75) is 32.7 Å². The molecule has 2 heterocycles. The van der Waals surface area contributed by atoms with Crippen LogP contribution in [0.1, 0.15) is 26.7 Å². The zero-order chi connectivity index (χ0) is 16.4. The number of rotatable bonds is 2. The van der Waals surface area contributed by atoms with Crippen LogP contribution in [0.3, 0.4) is 0 Å². The van der Waals surface area contributed by atoms with Gasteiger partial charge in [0, 0.05) is 31.9 Å². The first-order valence-corrected chi connectivity index (χ1v) is 8.53. The van der Waals surface area contributed by atoms with Gasteiger partial charge in [-0.1, -0.05) is 13.8 Å². The minimum absolute atomic E-state index is 0. The molecular weight excluding hydrogens is 326 g/mol. The Labute approximate surface area is 150 Å². The van der Waals surface area contributed by atoms with Crippen LogP contribution in [0.25, 0.3) is 0 Å². The summed E-state index contributed by atoms with van der Waals surface area (Å²) in [7, 11) is 0. The number of nitrogens with one attached hydrogen (secondary N) is 1. The van der Waals surface area contributed by atoms with Gasteiger partial charge in [-0.05, 0) is 49.1 Å². The average Bonchev–Trinajstić information content (AvgIpc) is 2.55. The molecular formula is C18H28ClN3O2. The van der Waals surface area contributed by atoms with Crippen molar-refractivity contribution < 1.29 is 9.90 Å². The fraction of sp³-hybridized carbons (Fsp3) is 0.611. The predicted octanol–water partition coefficient (Wildman–Crippen LogP) is 2.24. The van der Waals surface area contributed by atoms with Crippen LogP contribution >= 0.6 is 12.4 Å². The van der Waals surface area contributed by atoms with Gasteiger partial charge in [-0.15, -0.1) is 12.4 Å². The van der Waals surface area contributed by atoms with Crippen LogP contribution < -0.4 is 10.2 Å². The highest BCUT2D eigenvalue weighted by atomic mass is 35.5. The zero-order valence-electron chi connectivity index (χ0n) is 14.5. The van der Waals surface area contributed by atoms with E-state index in [1.54, 1.807) is 12.1 Å². The number of piperidine rings is 1. The minimum atomic E-state index is -0.0588. The molecule has 0 spiro atoms. The van der Waals surface area contributed by atoms with E-state index in [-0.39, 0.29) is 35.5 Å². The Morgan fingerprint density at radius 3 is 2.38 bits per heavy atom. The summed E-state index contributed by atoms with van der Waals surface area (Å²) >= 11 is 0. The van der Waals surface area contributed by atoms with Crippen molar-refractivity contribution in [3.8, 4) is 5.75 Å². The van der Waals surface area contributed by atoms with Crippen molar-refractivity contribution in [2.24, 2.45) is 5.41 Å². The molecule has 1 amide bonds. The van der Waals surface area contributed by atoms with E-state index in [9.17, 15) is 9.90 Å². The summed E-state index contributed by atoms with van der Waals surface area (Å²) in [5, 5.41) is 12.8. The number of anilines is 1. The van der Waals surface area contributed by atoms with Crippen LogP contribution in [0.15, 0.2) is 24.3 Å². The fourth-order valence-electron chi connectivity index (χ4n) is 3.66. The number of amides is 1. The van der Waals surface area contributed by atoms with E-state index in [0.717, 1.165) is 51.3 Å². The molecule has 0 radical (unpaired) electrons. The standard InChI is InChI=1S/C18H27N3O2.ClH/c1-18(2)8-3-9-19-16(18)17(23)21-12-10-20(11-13-21)14-4-6-15(22)7-5-14;/h4-7,16,19,22H,3,8-13H2,1-2H3;1H. The van der Waals surface area contributed by atoms with Gasteiger partial charge in [0.25, 0.3) is 0 Å². The number of halogens is 1. The molecule has 0 aromatic heterocycles. The second-order valence-corrected chi connectivity index (χ2v) is 7.31. The summed E-state index contributed by atoms with van der Waals surface area (Å²) in [6.45, 7) is 8.51. The third-order valence-electron chi connectivity index (χ3n) is 5.18. The van der Waals surface area contributed by atoms with E-state index in [4.69, 9.17) is 0 Å². The van der Waals surface area contributed by atoms with Crippen LogP contribution in [0.4, 0.5) is 5.69 Å². The molecule has 2 saturated heterocycles. The maximum atomic E-state index is 12.9. The van der Waals surface area contributed by atoms with Gasteiger partial charge in [-0.3, -0.25) is 4.79 Å². The number of benzene rings is 1. The largest absolute Gasteiger partial charge is 0.508 e. The molecule has 2 N–H and O–H groups in total. The van der Waals surface area contributed by atoms with Gasteiger partial charge in [0.05, 0.1) is 6.04 Å². The van der Waals surface area contributed by atoms with Crippen LogP contribution in [-0.2, 0) is 4.79 Å². The smallest absolute Gasteiger partial charge is 0.240 e. The number of aromatic hydroxyl groups is 1. The van der Waals surface area contributed by atoms with Crippen LogP contribution in [0.5, 0.6) is 5.75 Å². The Kier molecular flexibility index (Phi) is 5.99. The normalized spacial score (nSPS) is 23.5. The van der Waals surface area contributed by atoms with Gasteiger partial charge in [0.2, 0.25) is 5.91 Å². The van der Waals surface area contributed by atoms with Crippen LogP contribution in [0.2, 0.25) is 0 Å². The quantitative estimate of drug-likeness (QED) is 0.856. The maximum Gasteiger partial charge on any atom is 0.240 e. The Hall–Kier alpha value is -1.46. The van der Waals surface area contributed by atoms with Crippen molar-refractivity contribution in [2.75, 3.05) is 37.6 Å². The van der Waals surface area contributed by atoms with Gasteiger partial charge >= 0.3 is 0 Å². The molecule has 134 valence electrons. The number of phenols is 1. The Morgan fingerprint density at radius 2 is 1.79 bits per heavy atom. The lowest BCUT2D eigenvalue weighted by Crippen LogP contribution is -2.59. The number of carbonyl (C=O) groups excluding carboxylic acids is 1. The van der Waals surface area contributed by atoms with E-state index in [2.05, 4.69) is 24.1 Å². The third-order valence-corrected chi connectivity index (χ3v) is 5.18. The lowest BCUT2D eigenvalue weighted by Gasteiger charge is -2.43. The number of nitrogens with zero attached hydrogens (tertiary/aromatic N) is 2. The Balaban J connectivity index is 0.00000208. The summed E-state index contributed by atoms with van der Waals surface area (Å²) in [5.74, 6) is 0.535. The molecule has 0 saturated carbocycles. The third kappa shape index (κ3) is 3.95. The summed E-state index contributed by atoms with van der Waals surface area (Å²) in [6.07, 6.45) is 2.25. The van der Waals surface area contributed by atoms with Gasteiger partial charge in [0.15, 0.2) is 0 Å². The molecule has 0 aliphatic carbocycles. The number of phenolic OH excluding ortho intramolecular Hbond substituents is 1. The van der Waals surface area contributed by atoms with E-state index in [0.29, 0.717) is 0 Å². The van der Waals surface area contributed by atoms with Gasteiger partial charge in [0.1, 0.15) is 5.75 Å². The van der Waals surface area contributed by atoms with Crippen LogP contribution in [-0.4, -0.2) is 54.7 Å². The molecule has 5 nitrogen and oxygen atoms in total. The van der Waals surface area contributed by atoms with E-state index < -0.39 is 0 Å². The molecule has 1 unspecified atom stereocenters. The van der Waals surface area contributed by atoms with E-state index >= 15 is 0 Å². The predicted molar refractivity (Wildman–Crippen MR) is 99.0 cm³/mol. The second-order valence-electron chi connectivity index (χ2n) is 7.31. The van der Waals surface area contributed by atoms with E-state index in [1.807, 2.05) is 17.0 Å². The van der Waals surface area contributed by atoms with Crippen molar-refractivity contribution >= 4 is 24.0 Å². The SMILES string of the molecule is CC1(C)CCCNC1C(=O)N1CCN(c2ccc(O)cc2)CC1.Cl. The first-order chi connectivity index (χ1) is 11.0. The molecule has 1 atom stereocenters. The summed E-state index contributed by atoms with van der Waals surface area (Å²) in [5.41, 5.74) is 1.13. The Morgan fingerprint density at radius 1 is 1.17 bits per heavy atom. The lowest BCUT2D eigenvalue weighted by atomic mass is 9.77. The van der Waals surface area contributed by atoms with Crippen LogP contribution in [0, 0.1) is 5.41 Å². The molecule has 3 rings (SSSR count). The molecule has 24 heavy (non-hydrogen) atoms. The molecule has 2 aliphatic rings. The van der Waals surface area contributed by atoms with Gasteiger partial charge in [-0.25, -0.2) is 0 Å². The topological polar surface area (TPSA) is 55.8 Å². The average molecular weight is 354 g/mol. The van der Waals surface area contributed by atoms with E-state index in [1.165, 1.54) is 0 Å². The first kappa shape index (κ1) is 18.9. The monoisotopic (exact) mass is 353 g/mol. The molecule has 1 aromatic carbocycles. The summed E-state index contributed by atoms with van der Waals surface area (Å²) in [6, 6.07) is 7.22. The van der Waals surface area contributed by atoms with Crippen molar-refractivity contribution in [3.05, 3.63) is 24.3 Å². The number of piperazine rings is 1. The zero-order valence-corrected chi connectivity index (χ0v) is 15.3. The molecule has 2 aliphatic heterocycles. The first-order valence-electron chi connectivity index (χ1n) is 8.53. The number of hydrogen-bond acceptors (Lipinski definition) is 4. The summed E-state index contributed by atoms with van der Waals surface area (Å²) < 4.78 is 0. The Bertz CT molecular complexity index is 554. The molecule has 0 bridgehead atoms. The van der Waals surface area contributed by atoms with Gasteiger partial charge < -0.3 is 20.2 Å². The fourth-order valence-corrected chi connectivity index (χ4v) is 3.66. The maximum absolute atomic E-state index is 12.9. The highest BCUT2D eigenvalue weighted by Crippen LogP contribution is 2.31. The van der Waals surface area contributed by atoms with Crippen molar-refractivity contribution in [1.82, 2.24) is 10.2 Å². The lowest BCUT2D eigenvalue weighted by molar-refractivity contribution is -0.137. The second kappa shape index (κ2) is 7.62. The summed E-state index contributed by atoms with van der Waals surface area (Å²) in [4.78, 5) is 17.1. The number of hydrogen-bond donors (Lipinski definition) is 2. The molecule has 6 heteroatoms.